The van der Waals surface area contributed by atoms with E-state index in [4.69, 9.17) is 11.6 Å². The van der Waals surface area contributed by atoms with Crippen molar-refractivity contribution in [2.75, 3.05) is 13.6 Å². The van der Waals surface area contributed by atoms with Crippen LogP contribution < -0.4 is 0 Å². The fraction of sp³-hybridized carbons (Fsp3) is 0.750. The molecule has 0 unspecified atom stereocenters. The SMILES string of the molecule is Cc1cc(CN(C)CC2CC(Cl)C2)n(C)n1. The van der Waals surface area contributed by atoms with Crippen LogP contribution in [0.2, 0.25) is 0 Å². The van der Waals surface area contributed by atoms with Crippen molar-refractivity contribution in [3.05, 3.63) is 17.5 Å². The van der Waals surface area contributed by atoms with Crippen LogP contribution in [-0.4, -0.2) is 33.6 Å². The number of hydrogen-bond acceptors (Lipinski definition) is 2. The standard InChI is InChI=1S/C12H20ClN3/c1-9-4-12(16(3)14-9)8-15(2)7-10-5-11(13)6-10/h4,10-11H,5-8H2,1-3H3. The third-order valence-corrected chi connectivity index (χ3v) is 3.64. The molecular formula is C12H20ClN3. The van der Waals surface area contributed by atoms with Crippen LogP contribution in [0.25, 0.3) is 0 Å². The van der Waals surface area contributed by atoms with Crippen LogP contribution in [-0.2, 0) is 13.6 Å². The smallest absolute Gasteiger partial charge is 0.0597 e. The molecule has 2 rings (SSSR count). The van der Waals surface area contributed by atoms with Gasteiger partial charge in [-0.15, -0.1) is 11.6 Å². The van der Waals surface area contributed by atoms with Crippen LogP contribution in [0.5, 0.6) is 0 Å². The fourth-order valence-electron chi connectivity index (χ4n) is 2.40. The molecule has 0 N–H and O–H groups in total. The van der Waals surface area contributed by atoms with Crippen molar-refractivity contribution in [3.63, 3.8) is 0 Å². The van der Waals surface area contributed by atoms with Crippen molar-refractivity contribution >= 4 is 11.6 Å². The van der Waals surface area contributed by atoms with Gasteiger partial charge in [0.1, 0.15) is 0 Å². The van der Waals surface area contributed by atoms with Crippen LogP contribution in [0.1, 0.15) is 24.2 Å². The summed E-state index contributed by atoms with van der Waals surface area (Å²) in [5, 5.41) is 4.79. The molecular weight excluding hydrogens is 222 g/mol. The highest BCUT2D eigenvalue weighted by atomic mass is 35.5. The quantitative estimate of drug-likeness (QED) is 0.754. The van der Waals surface area contributed by atoms with Crippen LogP contribution >= 0.6 is 11.6 Å². The average Bonchev–Trinajstić information content (AvgIpc) is 2.42. The summed E-state index contributed by atoms with van der Waals surface area (Å²) in [6.45, 7) is 4.15. The molecule has 3 nitrogen and oxygen atoms in total. The second kappa shape index (κ2) is 4.76. The van der Waals surface area contributed by atoms with E-state index in [2.05, 4.69) is 23.1 Å². The van der Waals surface area contributed by atoms with Gasteiger partial charge in [-0.2, -0.15) is 5.10 Å². The van der Waals surface area contributed by atoms with Gasteiger partial charge in [-0.25, -0.2) is 0 Å². The highest BCUT2D eigenvalue weighted by Crippen LogP contribution is 2.32. The first kappa shape index (κ1) is 11.9. The summed E-state index contributed by atoms with van der Waals surface area (Å²) in [5.74, 6) is 0.793. The number of hydrogen-bond donors (Lipinski definition) is 0. The Labute approximate surface area is 102 Å². The fourth-order valence-corrected chi connectivity index (χ4v) is 2.90. The zero-order valence-electron chi connectivity index (χ0n) is 10.3. The van der Waals surface area contributed by atoms with Crippen molar-refractivity contribution in [1.82, 2.24) is 14.7 Å². The maximum Gasteiger partial charge on any atom is 0.0597 e. The molecule has 0 spiro atoms. The first-order valence-corrected chi connectivity index (χ1v) is 6.30. The predicted octanol–water partition coefficient (Wildman–Crippen LogP) is 2.18. The summed E-state index contributed by atoms with van der Waals surface area (Å²) >= 11 is 5.98. The molecule has 0 amide bonds. The third kappa shape index (κ3) is 2.77. The van der Waals surface area contributed by atoms with Gasteiger partial charge in [-0.3, -0.25) is 4.68 Å². The molecule has 1 fully saturated rings. The van der Waals surface area contributed by atoms with Crippen molar-refractivity contribution in [2.45, 2.75) is 31.7 Å². The van der Waals surface area contributed by atoms with Crippen LogP contribution in [0.15, 0.2) is 6.07 Å². The summed E-state index contributed by atoms with van der Waals surface area (Å²) in [6.07, 6.45) is 2.35. The Hall–Kier alpha value is -0.540. The van der Waals surface area contributed by atoms with Gasteiger partial charge in [0.2, 0.25) is 0 Å². The molecule has 0 radical (unpaired) electrons. The van der Waals surface area contributed by atoms with Gasteiger partial charge >= 0.3 is 0 Å². The van der Waals surface area contributed by atoms with Gasteiger partial charge in [0.25, 0.3) is 0 Å². The molecule has 90 valence electrons. The predicted molar refractivity (Wildman–Crippen MR) is 66.6 cm³/mol. The lowest BCUT2D eigenvalue weighted by Gasteiger charge is -2.34. The lowest BCUT2D eigenvalue weighted by atomic mass is 9.84. The van der Waals surface area contributed by atoms with E-state index in [0.717, 1.165) is 24.7 Å². The summed E-state index contributed by atoms with van der Waals surface area (Å²) in [7, 11) is 4.18. The van der Waals surface area contributed by atoms with E-state index in [0.29, 0.717) is 5.38 Å². The number of alkyl halides is 1. The van der Waals surface area contributed by atoms with E-state index < -0.39 is 0 Å². The molecule has 1 saturated carbocycles. The summed E-state index contributed by atoms with van der Waals surface area (Å²) in [5.41, 5.74) is 2.37. The van der Waals surface area contributed by atoms with E-state index in [9.17, 15) is 0 Å². The Morgan fingerprint density at radius 3 is 2.75 bits per heavy atom. The molecule has 0 atom stereocenters. The second-order valence-electron chi connectivity index (χ2n) is 5.03. The van der Waals surface area contributed by atoms with Crippen LogP contribution in [0.3, 0.4) is 0 Å². The van der Waals surface area contributed by atoms with Crippen molar-refractivity contribution in [1.29, 1.82) is 0 Å². The lowest BCUT2D eigenvalue weighted by molar-refractivity contribution is 0.201. The molecule has 0 saturated heterocycles. The average molecular weight is 242 g/mol. The maximum absolute atomic E-state index is 5.98. The Morgan fingerprint density at radius 1 is 1.56 bits per heavy atom. The number of nitrogens with zero attached hydrogens (tertiary/aromatic N) is 3. The molecule has 1 aliphatic rings. The first-order valence-electron chi connectivity index (χ1n) is 5.86. The maximum atomic E-state index is 5.98. The van der Waals surface area contributed by atoms with Crippen LogP contribution in [0.4, 0.5) is 0 Å². The minimum absolute atomic E-state index is 0.428. The van der Waals surface area contributed by atoms with E-state index in [1.54, 1.807) is 0 Å². The normalized spacial score (nSPS) is 24.8. The Balaban J connectivity index is 1.82. The zero-order chi connectivity index (χ0) is 11.7. The Morgan fingerprint density at radius 2 is 2.25 bits per heavy atom. The van der Waals surface area contributed by atoms with Gasteiger partial charge in [-0.1, -0.05) is 0 Å². The molecule has 0 aliphatic heterocycles. The molecule has 1 heterocycles. The van der Waals surface area contributed by atoms with Gasteiger partial charge in [0.05, 0.1) is 11.4 Å². The zero-order valence-corrected chi connectivity index (χ0v) is 11.0. The van der Waals surface area contributed by atoms with Crippen molar-refractivity contribution in [2.24, 2.45) is 13.0 Å². The van der Waals surface area contributed by atoms with E-state index in [-0.39, 0.29) is 0 Å². The number of aromatic nitrogens is 2. The topological polar surface area (TPSA) is 21.1 Å². The lowest BCUT2D eigenvalue weighted by Crippen LogP contribution is -2.34. The monoisotopic (exact) mass is 241 g/mol. The third-order valence-electron chi connectivity index (χ3n) is 3.28. The number of rotatable bonds is 4. The Kier molecular flexibility index (Phi) is 3.55. The van der Waals surface area contributed by atoms with Gasteiger partial charge < -0.3 is 4.90 Å². The van der Waals surface area contributed by atoms with Gasteiger partial charge in [0, 0.05) is 25.5 Å². The first-order chi connectivity index (χ1) is 7.54. The van der Waals surface area contributed by atoms with E-state index in [1.165, 1.54) is 18.5 Å². The number of halogens is 1. The summed E-state index contributed by atoms with van der Waals surface area (Å²) in [4.78, 5) is 2.36. The number of aryl methyl sites for hydroxylation is 2. The molecule has 1 aromatic rings. The van der Waals surface area contributed by atoms with E-state index in [1.807, 2.05) is 18.7 Å². The molecule has 1 aliphatic carbocycles. The van der Waals surface area contributed by atoms with Crippen molar-refractivity contribution < 1.29 is 0 Å². The van der Waals surface area contributed by atoms with Crippen LogP contribution in [0, 0.1) is 12.8 Å². The van der Waals surface area contributed by atoms with Crippen molar-refractivity contribution in [3.8, 4) is 0 Å². The second-order valence-corrected chi connectivity index (χ2v) is 5.65. The molecule has 4 heteroatoms. The molecule has 1 aromatic heterocycles. The Bertz CT molecular complexity index is 355. The molecule has 0 aromatic carbocycles. The largest absolute Gasteiger partial charge is 0.300 e. The highest BCUT2D eigenvalue weighted by Gasteiger charge is 2.27. The molecule has 16 heavy (non-hydrogen) atoms. The van der Waals surface area contributed by atoms with E-state index >= 15 is 0 Å². The summed E-state index contributed by atoms with van der Waals surface area (Å²) in [6, 6.07) is 2.15. The van der Waals surface area contributed by atoms with Gasteiger partial charge in [0.15, 0.2) is 0 Å². The summed E-state index contributed by atoms with van der Waals surface area (Å²) < 4.78 is 1.97. The minimum Gasteiger partial charge on any atom is -0.300 e. The molecule has 0 bridgehead atoms. The minimum atomic E-state index is 0.428. The van der Waals surface area contributed by atoms with Gasteiger partial charge in [-0.05, 0) is 38.8 Å². The highest BCUT2D eigenvalue weighted by molar-refractivity contribution is 6.21.